The quantitative estimate of drug-likeness (QED) is 0.157. The van der Waals surface area contributed by atoms with Crippen LogP contribution in [-0.2, 0) is 16.2 Å². The molecule has 0 aliphatic heterocycles. The first-order chi connectivity index (χ1) is 16.9. The Bertz CT molecular complexity index is 1310. The first-order valence-electron chi connectivity index (χ1n) is 10.3. The van der Waals surface area contributed by atoms with Gasteiger partial charge in [-0.05, 0) is 58.5 Å². The Morgan fingerprint density at radius 2 is 1.89 bits per heavy atom. The largest absolute Gasteiger partial charge is 0.493 e. The van der Waals surface area contributed by atoms with Gasteiger partial charge >= 0.3 is 0 Å². The van der Waals surface area contributed by atoms with Gasteiger partial charge in [-0.25, -0.2) is 5.43 Å². The molecule has 0 radical (unpaired) electrons. The molecule has 0 atom stereocenters. The van der Waals surface area contributed by atoms with E-state index < -0.39 is 18.2 Å². The van der Waals surface area contributed by atoms with E-state index in [1.54, 1.807) is 48.5 Å². The van der Waals surface area contributed by atoms with Crippen molar-refractivity contribution in [1.29, 1.82) is 5.26 Å². The zero-order valence-corrected chi connectivity index (χ0v) is 21.5. The number of hydrogen-bond acceptors (Lipinski definition) is 6. The number of methoxy groups -OCH3 is 1. The third-order valence-corrected chi connectivity index (χ3v) is 5.76. The van der Waals surface area contributed by atoms with Gasteiger partial charge in [0, 0.05) is 5.56 Å². The highest BCUT2D eigenvalue weighted by Crippen LogP contribution is 2.34. The second kappa shape index (κ2) is 12.7. The first kappa shape index (κ1) is 26.0. The smallest absolute Gasteiger partial charge is 0.249 e. The number of carbonyl (C=O) groups excluding carboxylic acids is 2. The minimum atomic E-state index is -0.580. The molecule has 0 spiro atoms. The Hall–Kier alpha value is -3.62. The molecule has 0 saturated carbocycles. The van der Waals surface area contributed by atoms with Crippen molar-refractivity contribution >= 4 is 57.9 Å². The molecule has 8 nitrogen and oxygen atoms in total. The molecule has 0 unspecified atom stereocenters. The number of hydrazone groups is 1. The number of ether oxygens (including phenoxy) is 2. The van der Waals surface area contributed by atoms with Gasteiger partial charge in [-0.1, -0.05) is 41.9 Å². The van der Waals surface area contributed by atoms with Crippen molar-refractivity contribution in [3.63, 3.8) is 0 Å². The molecule has 0 heterocycles. The van der Waals surface area contributed by atoms with Gasteiger partial charge < -0.3 is 14.8 Å². The Labute approximate surface area is 221 Å². The van der Waals surface area contributed by atoms with E-state index in [1.165, 1.54) is 13.3 Å². The van der Waals surface area contributed by atoms with E-state index in [2.05, 4.69) is 44.5 Å². The Morgan fingerprint density at radius 3 is 2.63 bits per heavy atom. The van der Waals surface area contributed by atoms with Crippen LogP contribution < -0.4 is 20.2 Å². The van der Waals surface area contributed by atoms with Crippen molar-refractivity contribution in [2.24, 2.45) is 5.10 Å². The molecule has 3 rings (SSSR count). The monoisotopic (exact) mass is 602 g/mol. The number of para-hydroxylation sites is 1. The standard InChI is InChI=1S/C25H20ClIN4O4/c1-34-22-11-16(10-20(27)25(22)35-15-18-7-3-2-6-17(18)13-28)14-29-31-24(33)12-23(32)30-21-9-5-4-8-19(21)26/h2-11,14H,12,15H2,1H3,(H,30,32)(H,31,33). The number of benzene rings is 3. The molecular weight excluding hydrogens is 583 g/mol. The fourth-order valence-electron chi connectivity index (χ4n) is 2.98. The fourth-order valence-corrected chi connectivity index (χ4v) is 3.94. The molecule has 178 valence electrons. The number of anilines is 1. The Balaban J connectivity index is 1.60. The summed E-state index contributed by atoms with van der Waals surface area (Å²) in [6, 6.07) is 19.6. The predicted octanol–water partition coefficient (Wildman–Crippen LogP) is 4.88. The van der Waals surface area contributed by atoms with Crippen molar-refractivity contribution < 1.29 is 19.1 Å². The maximum Gasteiger partial charge on any atom is 0.249 e. The van der Waals surface area contributed by atoms with E-state index in [1.807, 2.05) is 12.1 Å². The number of nitriles is 1. The lowest BCUT2D eigenvalue weighted by molar-refractivity contribution is -0.126. The molecule has 0 bridgehead atoms. The number of rotatable bonds is 9. The summed E-state index contributed by atoms with van der Waals surface area (Å²) in [5, 5.41) is 16.1. The minimum Gasteiger partial charge on any atom is -0.493 e. The topological polar surface area (TPSA) is 113 Å². The van der Waals surface area contributed by atoms with E-state index in [0.717, 1.165) is 9.13 Å². The first-order valence-corrected chi connectivity index (χ1v) is 11.7. The maximum absolute atomic E-state index is 12.0. The van der Waals surface area contributed by atoms with Gasteiger partial charge in [-0.15, -0.1) is 0 Å². The van der Waals surface area contributed by atoms with E-state index in [0.29, 0.717) is 33.3 Å². The molecule has 2 N–H and O–H groups in total. The second-order valence-corrected chi connectivity index (χ2v) is 8.66. The normalized spacial score (nSPS) is 10.5. The van der Waals surface area contributed by atoms with Gasteiger partial charge in [0.25, 0.3) is 0 Å². The van der Waals surface area contributed by atoms with Gasteiger partial charge in [-0.2, -0.15) is 10.4 Å². The van der Waals surface area contributed by atoms with Crippen molar-refractivity contribution in [3.8, 4) is 17.6 Å². The number of amides is 2. The van der Waals surface area contributed by atoms with E-state index in [4.69, 9.17) is 21.1 Å². The van der Waals surface area contributed by atoms with Crippen LogP contribution in [0.15, 0.2) is 65.8 Å². The van der Waals surface area contributed by atoms with Crippen LogP contribution in [-0.4, -0.2) is 25.1 Å². The lowest BCUT2D eigenvalue weighted by atomic mass is 10.1. The molecule has 10 heteroatoms. The average molecular weight is 603 g/mol. The molecular formula is C25H20ClIN4O4. The SMILES string of the molecule is COc1cc(C=NNC(=O)CC(=O)Nc2ccccc2Cl)cc(I)c1OCc1ccccc1C#N. The van der Waals surface area contributed by atoms with Crippen LogP contribution in [0.2, 0.25) is 5.02 Å². The molecule has 3 aromatic rings. The Kier molecular flexibility index (Phi) is 9.46. The van der Waals surface area contributed by atoms with E-state index >= 15 is 0 Å². The number of nitrogens with zero attached hydrogens (tertiary/aromatic N) is 2. The molecule has 0 aliphatic carbocycles. The summed E-state index contributed by atoms with van der Waals surface area (Å²) in [6.45, 7) is 0.204. The highest BCUT2D eigenvalue weighted by atomic mass is 127. The van der Waals surface area contributed by atoms with Crippen LogP contribution in [0.1, 0.15) is 23.1 Å². The van der Waals surface area contributed by atoms with E-state index in [-0.39, 0.29) is 6.61 Å². The number of carbonyl (C=O) groups is 2. The molecule has 3 aromatic carbocycles. The number of hydrogen-bond donors (Lipinski definition) is 2. The van der Waals surface area contributed by atoms with Crippen molar-refractivity contribution in [2.75, 3.05) is 12.4 Å². The third kappa shape index (κ3) is 7.43. The number of nitrogens with one attached hydrogen (secondary N) is 2. The summed E-state index contributed by atoms with van der Waals surface area (Å²) >= 11 is 8.11. The van der Waals surface area contributed by atoms with Crippen LogP contribution in [0, 0.1) is 14.9 Å². The maximum atomic E-state index is 12.0. The Morgan fingerprint density at radius 1 is 1.14 bits per heavy atom. The van der Waals surface area contributed by atoms with Gasteiger partial charge in [0.05, 0.1) is 39.2 Å². The second-order valence-electron chi connectivity index (χ2n) is 7.09. The molecule has 35 heavy (non-hydrogen) atoms. The van der Waals surface area contributed by atoms with Crippen LogP contribution in [0.25, 0.3) is 0 Å². The summed E-state index contributed by atoms with van der Waals surface area (Å²) in [7, 11) is 1.52. The van der Waals surface area contributed by atoms with Gasteiger partial charge in [0.1, 0.15) is 13.0 Å². The van der Waals surface area contributed by atoms with E-state index in [9.17, 15) is 14.9 Å². The van der Waals surface area contributed by atoms with Crippen LogP contribution >= 0.6 is 34.2 Å². The predicted molar refractivity (Wildman–Crippen MR) is 142 cm³/mol. The molecule has 2 amide bonds. The van der Waals surface area contributed by atoms with Gasteiger partial charge in [-0.3, -0.25) is 9.59 Å². The van der Waals surface area contributed by atoms with Gasteiger partial charge in [0.2, 0.25) is 11.8 Å². The van der Waals surface area contributed by atoms with Crippen molar-refractivity contribution in [3.05, 3.63) is 85.9 Å². The summed E-state index contributed by atoms with van der Waals surface area (Å²) in [4.78, 5) is 24.1. The fraction of sp³-hybridized carbons (Fsp3) is 0.120. The summed E-state index contributed by atoms with van der Waals surface area (Å²) in [5.74, 6) is -0.0958. The highest BCUT2D eigenvalue weighted by molar-refractivity contribution is 14.1. The zero-order chi connectivity index (χ0) is 25.2. The van der Waals surface area contributed by atoms with Gasteiger partial charge in [0.15, 0.2) is 11.5 Å². The highest BCUT2D eigenvalue weighted by Gasteiger charge is 2.13. The van der Waals surface area contributed by atoms with Crippen LogP contribution in [0.3, 0.4) is 0 Å². The van der Waals surface area contributed by atoms with Crippen molar-refractivity contribution in [2.45, 2.75) is 13.0 Å². The van der Waals surface area contributed by atoms with Crippen LogP contribution in [0.5, 0.6) is 11.5 Å². The minimum absolute atomic E-state index is 0.204. The van der Waals surface area contributed by atoms with Crippen LogP contribution in [0.4, 0.5) is 5.69 Å². The zero-order valence-electron chi connectivity index (χ0n) is 18.5. The summed E-state index contributed by atoms with van der Waals surface area (Å²) < 4.78 is 12.1. The molecule has 0 saturated heterocycles. The molecule has 0 aliphatic rings. The lowest BCUT2D eigenvalue weighted by Crippen LogP contribution is -2.24. The molecule has 0 fully saturated rings. The average Bonchev–Trinajstić information content (AvgIpc) is 2.84. The third-order valence-electron chi connectivity index (χ3n) is 4.63. The number of halogens is 2. The summed E-state index contributed by atoms with van der Waals surface area (Å²) in [5.41, 5.74) is 4.71. The lowest BCUT2D eigenvalue weighted by Gasteiger charge is -2.14. The summed E-state index contributed by atoms with van der Waals surface area (Å²) in [6.07, 6.45) is 1.02. The molecule has 0 aromatic heterocycles. The van der Waals surface area contributed by atoms with Crippen molar-refractivity contribution in [1.82, 2.24) is 5.43 Å².